The molecule has 5 unspecified atom stereocenters. The first-order valence-corrected chi connectivity index (χ1v) is 7.29. The van der Waals surface area contributed by atoms with Gasteiger partial charge in [-0.25, -0.2) is 0 Å². The van der Waals surface area contributed by atoms with E-state index in [4.69, 9.17) is 4.74 Å². The van der Waals surface area contributed by atoms with Gasteiger partial charge in [-0.05, 0) is 51.2 Å². The van der Waals surface area contributed by atoms with Gasteiger partial charge < -0.3 is 9.84 Å². The molecule has 2 nitrogen and oxygen atoms in total. The Morgan fingerprint density at radius 3 is 2.42 bits per heavy atom. The molecule has 0 bridgehead atoms. The van der Waals surface area contributed by atoms with Gasteiger partial charge in [0.15, 0.2) is 0 Å². The van der Waals surface area contributed by atoms with E-state index in [1.54, 1.807) is 0 Å². The molecule has 0 radical (unpaired) electrons. The first kappa shape index (κ1) is 14.5. The molecule has 1 heterocycles. The van der Waals surface area contributed by atoms with Gasteiger partial charge in [-0.2, -0.15) is 0 Å². The molecule has 106 valence electrons. The monoisotopic (exact) mass is 262 g/mol. The van der Waals surface area contributed by atoms with Crippen LogP contribution in [0, 0.1) is 25.7 Å². The van der Waals surface area contributed by atoms with Crippen molar-refractivity contribution in [2.75, 3.05) is 0 Å². The summed E-state index contributed by atoms with van der Waals surface area (Å²) in [5.41, 5.74) is 3.77. The van der Waals surface area contributed by atoms with E-state index in [1.165, 1.54) is 16.7 Å². The number of aliphatic hydroxyl groups excluding tert-OH is 1. The standard InChI is InChI=1S/C17H26O2/c1-10-6-7-11(2)15(8-10)9-16(18)17-12(3)13(4)19-14(17)5/h6-8,12-14,16-18H,9H2,1-5H3. The van der Waals surface area contributed by atoms with E-state index in [0.717, 1.165) is 6.42 Å². The first-order valence-electron chi connectivity index (χ1n) is 7.29. The molecule has 1 fully saturated rings. The molecule has 0 spiro atoms. The minimum atomic E-state index is -0.324. The van der Waals surface area contributed by atoms with Crippen molar-refractivity contribution in [3.63, 3.8) is 0 Å². The van der Waals surface area contributed by atoms with E-state index < -0.39 is 0 Å². The van der Waals surface area contributed by atoms with Gasteiger partial charge in [-0.3, -0.25) is 0 Å². The van der Waals surface area contributed by atoms with E-state index in [0.29, 0.717) is 5.92 Å². The molecule has 1 aromatic rings. The molecular weight excluding hydrogens is 236 g/mol. The Kier molecular flexibility index (Phi) is 4.32. The fraction of sp³-hybridized carbons (Fsp3) is 0.647. The fourth-order valence-electron chi connectivity index (χ4n) is 3.34. The zero-order chi connectivity index (χ0) is 14.2. The molecule has 0 saturated carbocycles. The Morgan fingerprint density at radius 2 is 1.84 bits per heavy atom. The number of benzene rings is 1. The largest absolute Gasteiger partial charge is 0.392 e. The van der Waals surface area contributed by atoms with Crippen LogP contribution in [0.4, 0.5) is 0 Å². The van der Waals surface area contributed by atoms with Crippen molar-refractivity contribution in [3.05, 3.63) is 34.9 Å². The normalized spacial score (nSPS) is 32.5. The molecule has 19 heavy (non-hydrogen) atoms. The number of rotatable bonds is 3. The van der Waals surface area contributed by atoms with E-state index >= 15 is 0 Å². The lowest BCUT2D eigenvalue weighted by Crippen LogP contribution is -2.32. The summed E-state index contributed by atoms with van der Waals surface area (Å²) in [6.45, 7) is 10.6. The molecule has 2 rings (SSSR count). The van der Waals surface area contributed by atoms with Crippen LogP contribution in [0.15, 0.2) is 18.2 Å². The van der Waals surface area contributed by atoms with Crippen molar-refractivity contribution in [2.45, 2.75) is 59.4 Å². The van der Waals surface area contributed by atoms with Crippen LogP contribution >= 0.6 is 0 Å². The van der Waals surface area contributed by atoms with Crippen LogP contribution in [0.3, 0.4) is 0 Å². The predicted molar refractivity (Wildman–Crippen MR) is 78.3 cm³/mol. The van der Waals surface area contributed by atoms with Crippen molar-refractivity contribution >= 4 is 0 Å². The predicted octanol–water partition coefficient (Wildman–Crippen LogP) is 3.27. The third-order valence-corrected chi connectivity index (χ3v) is 4.70. The molecule has 5 atom stereocenters. The van der Waals surface area contributed by atoms with Gasteiger partial charge in [0.1, 0.15) is 0 Å². The lowest BCUT2D eigenvalue weighted by Gasteiger charge is -2.25. The van der Waals surface area contributed by atoms with E-state index in [-0.39, 0.29) is 24.2 Å². The van der Waals surface area contributed by atoms with Crippen molar-refractivity contribution < 1.29 is 9.84 Å². The molecule has 0 amide bonds. The molecule has 0 aliphatic carbocycles. The maximum absolute atomic E-state index is 10.6. The van der Waals surface area contributed by atoms with Crippen LogP contribution in [0.2, 0.25) is 0 Å². The first-order chi connectivity index (χ1) is 8.90. The summed E-state index contributed by atoms with van der Waals surface area (Å²) in [5, 5.41) is 10.6. The van der Waals surface area contributed by atoms with E-state index in [2.05, 4.69) is 52.8 Å². The summed E-state index contributed by atoms with van der Waals surface area (Å²) >= 11 is 0. The lowest BCUT2D eigenvalue weighted by atomic mass is 9.82. The summed E-state index contributed by atoms with van der Waals surface area (Å²) in [7, 11) is 0. The van der Waals surface area contributed by atoms with E-state index in [1.807, 2.05) is 0 Å². The number of ether oxygens (including phenoxy) is 1. The van der Waals surface area contributed by atoms with Crippen LogP contribution in [0.1, 0.15) is 37.5 Å². The highest BCUT2D eigenvalue weighted by Crippen LogP contribution is 2.35. The topological polar surface area (TPSA) is 29.5 Å². The Hall–Kier alpha value is -0.860. The summed E-state index contributed by atoms with van der Waals surface area (Å²) in [5.74, 6) is 0.644. The maximum Gasteiger partial charge on any atom is 0.0636 e. The van der Waals surface area contributed by atoms with Gasteiger partial charge in [-0.1, -0.05) is 30.7 Å². The van der Waals surface area contributed by atoms with E-state index in [9.17, 15) is 5.11 Å². The average Bonchev–Trinajstić information content (AvgIpc) is 2.58. The molecule has 2 heteroatoms. The minimum absolute atomic E-state index is 0.144. The van der Waals surface area contributed by atoms with Gasteiger partial charge >= 0.3 is 0 Å². The third kappa shape index (κ3) is 3.01. The van der Waals surface area contributed by atoms with Crippen LogP contribution in [0.5, 0.6) is 0 Å². The number of hydrogen-bond acceptors (Lipinski definition) is 2. The molecule has 1 aromatic carbocycles. The minimum Gasteiger partial charge on any atom is -0.392 e. The van der Waals surface area contributed by atoms with Gasteiger partial charge in [-0.15, -0.1) is 0 Å². The molecular formula is C17H26O2. The van der Waals surface area contributed by atoms with Crippen molar-refractivity contribution in [3.8, 4) is 0 Å². The fourth-order valence-corrected chi connectivity index (χ4v) is 3.34. The van der Waals surface area contributed by atoms with Gasteiger partial charge in [0, 0.05) is 5.92 Å². The smallest absolute Gasteiger partial charge is 0.0636 e. The van der Waals surface area contributed by atoms with Crippen LogP contribution < -0.4 is 0 Å². The molecule has 0 aromatic heterocycles. The van der Waals surface area contributed by atoms with Crippen LogP contribution in [-0.4, -0.2) is 23.4 Å². The maximum atomic E-state index is 10.6. The van der Waals surface area contributed by atoms with Crippen LogP contribution in [0.25, 0.3) is 0 Å². The second-order valence-electron chi connectivity index (χ2n) is 6.18. The van der Waals surface area contributed by atoms with Gasteiger partial charge in [0.25, 0.3) is 0 Å². The SMILES string of the molecule is Cc1ccc(C)c(CC(O)C2C(C)OC(C)C2C)c1. The summed E-state index contributed by atoms with van der Waals surface area (Å²) in [6, 6.07) is 6.45. The van der Waals surface area contributed by atoms with Gasteiger partial charge in [0.2, 0.25) is 0 Å². The highest BCUT2D eigenvalue weighted by atomic mass is 16.5. The van der Waals surface area contributed by atoms with Crippen LogP contribution in [-0.2, 0) is 11.2 Å². The third-order valence-electron chi connectivity index (χ3n) is 4.70. The Balaban J connectivity index is 2.12. The molecule has 1 N–H and O–H groups in total. The Bertz CT molecular complexity index is 441. The molecule has 1 aliphatic rings. The summed E-state index contributed by atoms with van der Waals surface area (Å²) in [4.78, 5) is 0. The molecule has 1 aliphatic heterocycles. The number of hydrogen-bond donors (Lipinski definition) is 1. The highest BCUT2D eigenvalue weighted by Gasteiger charge is 2.41. The van der Waals surface area contributed by atoms with Crippen molar-refractivity contribution in [1.29, 1.82) is 0 Å². The Morgan fingerprint density at radius 1 is 1.16 bits per heavy atom. The Labute approximate surface area is 116 Å². The zero-order valence-corrected chi connectivity index (χ0v) is 12.7. The second kappa shape index (κ2) is 5.64. The van der Waals surface area contributed by atoms with Crippen molar-refractivity contribution in [2.24, 2.45) is 11.8 Å². The number of aliphatic hydroxyl groups is 1. The highest BCUT2D eigenvalue weighted by molar-refractivity contribution is 5.31. The summed E-state index contributed by atoms with van der Waals surface area (Å²) < 4.78 is 5.84. The number of aryl methyl sites for hydroxylation is 2. The zero-order valence-electron chi connectivity index (χ0n) is 12.7. The summed E-state index contributed by atoms with van der Waals surface area (Å²) in [6.07, 6.45) is 0.789. The lowest BCUT2D eigenvalue weighted by molar-refractivity contribution is 0.0239. The quantitative estimate of drug-likeness (QED) is 0.906. The second-order valence-corrected chi connectivity index (χ2v) is 6.18. The average molecular weight is 262 g/mol. The van der Waals surface area contributed by atoms with Crippen molar-refractivity contribution in [1.82, 2.24) is 0 Å². The van der Waals surface area contributed by atoms with Gasteiger partial charge in [0.05, 0.1) is 18.3 Å². The molecule has 1 saturated heterocycles.